The lowest BCUT2D eigenvalue weighted by Crippen LogP contribution is -2.49. The lowest BCUT2D eigenvalue weighted by Gasteiger charge is -2.35. The van der Waals surface area contributed by atoms with Crippen molar-refractivity contribution in [2.75, 3.05) is 56.1 Å². The smallest absolute Gasteiger partial charge is 0.387 e. The van der Waals surface area contributed by atoms with Gasteiger partial charge in [-0.15, -0.1) is 0 Å². The molecule has 1 unspecified atom stereocenters. The average Bonchev–Trinajstić information content (AvgIpc) is 2.68. The van der Waals surface area contributed by atoms with E-state index in [0.29, 0.717) is 44.4 Å². The number of piperazine rings is 1. The van der Waals surface area contributed by atoms with Gasteiger partial charge >= 0.3 is 6.18 Å². The van der Waals surface area contributed by atoms with Crippen LogP contribution in [0, 0.1) is 0 Å². The molecule has 1 atom stereocenters. The number of likely N-dealkylation sites (N-methyl/N-ethyl adjacent to an activating group) is 1. The highest BCUT2D eigenvalue weighted by Crippen LogP contribution is 2.22. The fourth-order valence-electron chi connectivity index (χ4n) is 3.45. The van der Waals surface area contributed by atoms with E-state index in [0.717, 1.165) is 18.4 Å². The molecule has 1 aliphatic carbocycles. The average molecular weight is 397 g/mol. The Kier molecular flexibility index (Phi) is 6.56. The highest BCUT2D eigenvalue weighted by molar-refractivity contribution is 5.50. The van der Waals surface area contributed by atoms with Gasteiger partial charge in [-0.3, -0.25) is 4.90 Å². The van der Waals surface area contributed by atoms with E-state index < -0.39 is 18.8 Å². The standard InChI is InChI=1S/C19H26F3N5O/c1-25(12-16(28)15-5-3-2-4-6-15)17-11-18(24-14-23-17)27-9-7-26(8-10-27)13-19(20,21)22/h3,5-6,11,14,16,28H,2,4,7-10,12-13H2,1H3. The van der Waals surface area contributed by atoms with Crippen molar-refractivity contribution >= 4 is 11.6 Å². The minimum Gasteiger partial charge on any atom is -0.387 e. The van der Waals surface area contributed by atoms with Crippen LogP contribution in [0.5, 0.6) is 0 Å². The minimum atomic E-state index is -4.17. The Morgan fingerprint density at radius 3 is 2.57 bits per heavy atom. The molecule has 1 saturated heterocycles. The summed E-state index contributed by atoms with van der Waals surface area (Å²) < 4.78 is 37.6. The highest BCUT2D eigenvalue weighted by Gasteiger charge is 2.32. The maximum Gasteiger partial charge on any atom is 0.401 e. The van der Waals surface area contributed by atoms with Crippen LogP contribution in [0.4, 0.5) is 24.8 Å². The van der Waals surface area contributed by atoms with E-state index in [2.05, 4.69) is 16.0 Å². The van der Waals surface area contributed by atoms with Crippen LogP contribution in [0.3, 0.4) is 0 Å². The number of aliphatic hydroxyl groups excluding tert-OH is 1. The molecule has 0 saturated carbocycles. The number of anilines is 2. The van der Waals surface area contributed by atoms with Crippen molar-refractivity contribution in [3.8, 4) is 0 Å². The normalized spacial score (nSPS) is 19.5. The Labute approximate surface area is 163 Å². The van der Waals surface area contributed by atoms with Crippen LogP contribution in [-0.2, 0) is 0 Å². The van der Waals surface area contributed by atoms with Crippen LogP contribution >= 0.6 is 0 Å². The molecule has 0 spiro atoms. The molecule has 2 aliphatic rings. The molecule has 0 bridgehead atoms. The first kappa shape index (κ1) is 20.6. The Morgan fingerprint density at radius 2 is 1.93 bits per heavy atom. The summed E-state index contributed by atoms with van der Waals surface area (Å²) in [5.74, 6) is 1.36. The Morgan fingerprint density at radius 1 is 1.18 bits per heavy atom. The molecule has 1 fully saturated rings. The number of hydrogen-bond donors (Lipinski definition) is 1. The SMILES string of the molecule is CN(CC(O)C1=CCCC=C1)c1cc(N2CCN(CC(F)(F)F)CC2)ncn1. The molecule has 6 nitrogen and oxygen atoms in total. The van der Waals surface area contributed by atoms with E-state index in [1.54, 1.807) is 0 Å². The summed E-state index contributed by atoms with van der Waals surface area (Å²) in [6.45, 7) is 1.17. The number of alkyl halides is 3. The molecule has 1 aromatic rings. The van der Waals surface area contributed by atoms with E-state index in [1.165, 1.54) is 11.2 Å². The molecule has 1 aliphatic heterocycles. The number of aliphatic hydroxyl groups is 1. The van der Waals surface area contributed by atoms with E-state index in [4.69, 9.17) is 0 Å². The fraction of sp³-hybridized carbons (Fsp3) is 0.579. The number of allylic oxidation sites excluding steroid dienone is 2. The van der Waals surface area contributed by atoms with Crippen LogP contribution in [0.1, 0.15) is 12.8 Å². The summed E-state index contributed by atoms with van der Waals surface area (Å²) in [7, 11) is 1.85. The Hall–Kier alpha value is -2.13. The van der Waals surface area contributed by atoms with Crippen LogP contribution in [0.2, 0.25) is 0 Å². The van der Waals surface area contributed by atoms with Gasteiger partial charge in [0, 0.05) is 45.8 Å². The molecule has 154 valence electrons. The second-order valence-corrected chi connectivity index (χ2v) is 7.19. The Balaban J connectivity index is 1.58. The summed E-state index contributed by atoms with van der Waals surface area (Å²) in [6, 6.07) is 1.82. The van der Waals surface area contributed by atoms with Gasteiger partial charge in [0.1, 0.15) is 18.0 Å². The van der Waals surface area contributed by atoms with Crippen molar-refractivity contribution in [3.05, 3.63) is 36.2 Å². The summed E-state index contributed by atoms with van der Waals surface area (Å²) in [6.07, 6.45) is 4.66. The molecule has 1 N–H and O–H groups in total. The van der Waals surface area contributed by atoms with Gasteiger partial charge in [-0.25, -0.2) is 9.97 Å². The third-order valence-electron chi connectivity index (χ3n) is 4.98. The molecule has 0 aromatic carbocycles. The van der Waals surface area contributed by atoms with Crippen molar-refractivity contribution in [2.45, 2.75) is 25.1 Å². The highest BCUT2D eigenvalue weighted by atomic mass is 19.4. The van der Waals surface area contributed by atoms with Crippen molar-refractivity contribution in [1.29, 1.82) is 0 Å². The summed E-state index contributed by atoms with van der Waals surface area (Å²) in [5.41, 5.74) is 0.910. The Bertz CT molecular complexity index is 714. The van der Waals surface area contributed by atoms with E-state index in [-0.39, 0.29) is 0 Å². The molecule has 0 radical (unpaired) electrons. The zero-order valence-corrected chi connectivity index (χ0v) is 15.9. The molecular weight excluding hydrogens is 371 g/mol. The lowest BCUT2D eigenvalue weighted by molar-refractivity contribution is -0.146. The van der Waals surface area contributed by atoms with Gasteiger partial charge in [0.05, 0.1) is 12.6 Å². The summed E-state index contributed by atoms with van der Waals surface area (Å²) in [4.78, 5) is 13.8. The van der Waals surface area contributed by atoms with Crippen molar-refractivity contribution in [2.24, 2.45) is 0 Å². The molecule has 0 amide bonds. The number of hydrogen-bond acceptors (Lipinski definition) is 6. The van der Waals surface area contributed by atoms with Gasteiger partial charge in [0.15, 0.2) is 0 Å². The lowest BCUT2D eigenvalue weighted by atomic mass is 10.0. The van der Waals surface area contributed by atoms with Gasteiger partial charge < -0.3 is 14.9 Å². The van der Waals surface area contributed by atoms with Gasteiger partial charge in [-0.1, -0.05) is 18.2 Å². The van der Waals surface area contributed by atoms with E-state index >= 15 is 0 Å². The van der Waals surface area contributed by atoms with Gasteiger partial charge in [-0.05, 0) is 18.4 Å². The minimum absolute atomic E-state index is 0.341. The molecule has 3 rings (SSSR count). The fourth-order valence-corrected chi connectivity index (χ4v) is 3.45. The topological polar surface area (TPSA) is 55.7 Å². The maximum atomic E-state index is 12.5. The van der Waals surface area contributed by atoms with Crippen LogP contribution in [-0.4, -0.2) is 78.6 Å². The first-order valence-corrected chi connectivity index (χ1v) is 9.44. The number of rotatable bonds is 6. The number of halogens is 3. The third kappa shape index (κ3) is 5.68. The predicted octanol–water partition coefficient (Wildman–Crippen LogP) is 2.23. The first-order chi connectivity index (χ1) is 13.3. The summed E-state index contributed by atoms with van der Waals surface area (Å²) in [5, 5.41) is 10.4. The van der Waals surface area contributed by atoms with Crippen LogP contribution < -0.4 is 9.80 Å². The largest absolute Gasteiger partial charge is 0.401 e. The van der Waals surface area contributed by atoms with Crippen molar-refractivity contribution < 1.29 is 18.3 Å². The second-order valence-electron chi connectivity index (χ2n) is 7.19. The van der Waals surface area contributed by atoms with Gasteiger partial charge in [-0.2, -0.15) is 13.2 Å². The zero-order valence-electron chi connectivity index (χ0n) is 15.9. The maximum absolute atomic E-state index is 12.5. The summed E-state index contributed by atoms with van der Waals surface area (Å²) >= 11 is 0. The van der Waals surface area contributed by atoms with Gasteiger partial charge in [0.2, 0.25) is 0 Å². The molecular formula is C19H26F3N5O. The van der Waals surface area contributed by atoms with Crippen molar-refractivity contribution in [1.82, 2.24) is 14.9 Å². The van der Waals surface area contributed by atoms with Gasteiger partial charge in [0.25, 0.3) is 0 Å². The predicted molar refractivity (Wildman–Crippen MR) is 102 cm³/mol. The first-order valence-electron chi connectivity index (χ1n) is 9.44. The van der Waals surface area contributed by atoms with Crippen molar-refractivity contribution in [3.63, 3.8) is 0 Å². The third-order valence-corrected chi connectivity index (χ3v) is 4.98. The zero-order chi connectivity index (χ0) is 20.1. The monoisotopic (exact) mass is 397 g/mol. The van der Waals surface area contributed by atoms with E-state index in [9.17, 15) is 18.3 Å². The number of nitrogens with zero attached hydrogens (tertiary/aromatic N) is 5. The molecule has 2 heterocycles. The number of aromatic nitrogens is 2. The second kappa shape index (κ2) is 8.91. The van der Waals surface area contributed by atoms with E-state index in [1.807, 2.05) is 35.1 Å². The molecule has 9 heteroatoms. The molecule has 28 heavy (non-hydrogen) atoms. The van der Waals surface area contributed by atoms with Crippen LogP contribution in [0.25, 0.3) is 0 Å². The quantitative estimate of drug-likeness (QED) is 0.795. The van der Waals surface area contributed by atoms with Crippen LogP contribution in [0.15, 0.2) is 36.2 Å². The molecule has 1 aromatic heterocycles.